The highest BCUT2D eigenvalue weighted by atomic mass is 35.5. The van der Waals surface area contributed by atoms with Crippen LogP contribution in [0.1, 0.15) is 12.5 Å². The fraction of sp³-hybridized carbons (Fsp3) is 0.500. The van der Waals surface area contributed by atoms with E-state index in [1.54, 1.807) is 6.07 Å². The molecule has 0 aromatic heterocycles. The number of hydrogen-bond acceptors (Lipinski definition) is 4. The highest BCUT2D eigenvalue weighted by molar-refractivity contribution is 6.34. The summed E-state index contributed by atoms with van der Waals surface area (Å²) in [5.74, 6) is 0.593. The van der Waals surface area contributed by atoms with Crippen LogP contribution in [0.5, 0.6) is 0 Å². The van der Waals surface area contributed by atoms with E-state index in [1.165, 1.54) is 0 Å². The van der Waals surface area contributed by atoms with E-state index in [0.717, 1.165) is 18.8 Å². The molecule has 5 nitrogen and oxygen atoms in total. The number of anilines is 1. The molecular formula is C14H21ClN4O. The third-order valence-electron chi connectivity index (χ3n) is 3.93. The maximum atomic E-state index is 8.95. The molecule has 1 aromatic carbocycles. The van der Waals surface area contributed by atoms with Gasteiger partial charge >= 0.3 is 0 Å². The first-order valence-electron chi connectivity index (χ1n) is 6.63. The maximum Gasteiger partial charge on any atom is 0.173 e. The molecule has 1 aliphatic heterocycles. The molecular weight excluding hydrogens is 276 g/mol. The molecule has 2 rings (SSSR count). The average molecular weight is 297 g/mol. The summed E-state index contributed by atoms with van der Waals surface area (Å²) < 4.78 is 0. The van der Waals surface area contributed by atoms with Crippen molar-refractivity contribution in [3.8, 4) is 0 Å². The van der Waals surface area contributed by atoms with E-state index in [-0.39, 0.29) is 5.84 Å². The molecule has 0 bridgehead atoms. The number of rotatable bonds is 3. The molecule has 0 amide bonds. The number of nitrogens with two attached hydrogens (primary N) is 1. The van der Waals surface area contributed by atoms with Crippen molar-refractivity contribution in [2.45, 2.75) is 13.0 Å². The van der Waals surface area contributed by atoms with Crippen molar-refractivity contribution in [1.29, 1.82) is 0 Å². The fourth-order valence-electron chi connectivity index (χ4n) is 2.90. The number of nitrogens with zero attached hydrogens (tertiary/aromatic N) is 3. The maximum absolute atomic E-state index is 8.95. The van der Waals surface area contributed by atoms with Crippen molar-refractivity contribution in [3.63, 3.8) is 0 Å². The Kier molecular flexibility index (Phi) is 4.40. The lowest BCUT2D eigenvalue weighted by Gasteiger charge is -2.24. The number of likely N-dealkylation sites (N-methyl/N-ethyl adjacent to an activating group) is 1. The highest BCUT2D eigenvalue weighted by Crippen LogP contribution is 2.32. The average Bonchev–Trinajstić information content (AvgIpc) is 2.79. The Morgan fingerprint density at radius 3 is 2.70 bits per heavy atom. The topological polar surface area (TPSA) is 65.1 Å². The normalized spacial score (nSPS) is 23.6. The highest BCUT2D eigenvalue weighted by Gasteiger charge is 2.32. The quantitative estimate of drug-likeness (QED) is 0.386. The van der Waals surface area contributed by atoms with E-state index < -0.39 is 0 Å². The van der Waals surface area contributed by atoms with Gasteiger partial charge in [-0.25, -0.2) is 0 Å². The Morgan fingerprint density at radius 1 is 1.45 bits per heavy atom. The molecule has 0 spiro atoms. The smallest absolute Gasteiger partial charge is 0.173 e. The lowest BCUT2D eigenvalue weighted by molar-refractivity contribution is 0.266. The number of halogens is 1. The predicted octanol–water partition coefficient (Wildman–Crippen LogP) is 1.82. The van der Waals surface area contributed by atoms with Crippen molar-refractivity contribution < 1.29 is 5.21 Å². The van der Waals surface area contributed by atoms with Crippen molar-refractivity contribution in [3.05, 3.63) is 28.8 Å². The molecule has 1 saturated heterocycles. The van der Waals surface area contributed by atoms with Crippen LogP contribution in [0.3, 0.4) is 0 Å². The lowest BCUT2D eigenvalue weighted by Crippen LogP contribution is -2.34. The third-order valence-corrected chi connectivity index (χ3v) is 4.25. The molecule has 20 heavy (non-hydrogen) atoms. The van der Waals surface area contributed by atoms with E-state index in [9.17, 15) is 0 Å². The van der Waals surface area contributed by atoms with Gasteiger partial charge in [-0.15, -0.1) is 0 Å². The standard InChI is InChI=1S/C14H21ClN4O/c1-9-7-19(8-12(9)18(2)3)11-6-4-5-10(15)13(11)14(16)17-20/h4-6,9,12,20H,7-8H2,1-3H3,(H2,16,17). The molecule has 1 fully saturated rings. The first-order valence-corrected chi connectivity index (χ1v) is 7.01. The zero-order valence-corrected chi connectivity index (χ0v) is 12.8. The van der Waals surface area contributed by atoms with Crippen molar-refractivity contribution in [1.82, 2.24) is 4.90 Å². The monoisotopic (exact) mass is 296 g/mol. The van der Waals surface area contributed by atoms with E-state index in [0.29, 0.717) is 22.5 Å². The van der Waals surface area contributed by atoms with Crippen molar-refractivity contribution in [2.75, 3.05) is 32.1 Å². The van der Waals surface area contributed by atoms with Crippen LogP contribution in [0.25, 0.3) is 0 Å². The fourth-order valence-corrected chi connectivity index (χ4v) is 3.16. The minimum atomic E-state index is 0.0477. The van der Waals surface area contributed by atoms with Crippen LogP contribution >= 0.6 is 11.6 Å². The molecule has 1 aliphatic rings. The van der Waals surface area contributed by atoms with Crippen LogP contribution in [-0.4, -0.2) is 49.2 Å². The van der Waals surface area contributed by atoms with Gasteiger partial charge in [0.05, 0.1) is 10.6 Å². The summed E-state index contributed by atoms with van der Waals surface area (Å²) in [5, 5.41) is 12.5. The van der Waals surface area contributed by atoms with Gasteiger partial charge in [-0.1, -0.05) is 29.7 Å². The van der Waals surface area contributed by atoms with Crippen LogP contribution in [0.15, 0.2) is 23.4 Å². The third kappa shape index (κ3) is 2.69. The molecule has 3 N–H and O–H groups in total. The molecule has 0 aliphatic carbocycles. The molecule has 0 saturated carbocycles. The number of oxime groups is 1. The van der Waals surface area contributed by atoms with Gasteiger partial charge in [0.15, 0.2) is 5.84 Å². The Hall–Kier alpha value is -1.46. The largest absolute Gasteiger partial charge is 0.409 e. The van der Waals surface area contributed by atoms with Crippen LogP contribution in [0, 0.1) is 5.92 Å². The summed E-state index contributed by atoms with van der Waals surface area (Å²) in [7, 11) is 4.18. The molecule has 0 radical (unpaired) electrons. The first kappa shape index (κ1) is 14.9. The Labute approximate surface area is 124 Å². The van der Waals surface area contributed by atoms with Crippen LogP contribution in [-0.2, 0) is 0 Å². The predicted molar refractivity (Wildman–Crippen MR) is 82.8 cm³/mol. The molecule has 2 atom stereocenters. The Bertz CT molecular complexity index is 518. The number of benzene rings is 1. The zero-order valence-electron chi connectivity index (χ0n) is 12.0. The van der Waals surface area contributed by atoms with Gasteiger partial charge in [0.2, 0.25) is 0 Å². The summed E-state index contributed by atoms with van der Waals surface area (Å²) in [6.45, 7) is 4.06. The minimum Gasteiger partial charge on any atom is -0.409 e. The number of hydrogen-bond donors (Lipinski definition) is 2. The van der Waals surface area contributed by atoms with Gasteiger partial charge in [0.1, 0.15) is 0 Å². The summed E-state index contributed by atoms with van der Waals surface area (Å²) in [5.41, 5.74) is 7.29. The SMILES string of the molecule is CC1CN(c2cccc(Cl)c2/C(N)=N/O)CC1N(C)C. The minimum absolute atomic E-state index is 0.0477. The summed E-state index contributed by atoms with van der Waals surface area (Å²) in [4.78, 5) is 4.48. The Balaban J connectivity index is 2.38. The van der Waals surface area contributed by atoms with E-state index >= 15 is 0 Å². The van der Waals surface area contributed by atoms with Gasteiger partial charge in [0.25, 0.3) is 0 Å². The summed E-state index contributed by atoms with van der Waals surface area (Å²) in [6, 6.07) is 6.08. The van der Waals surface area contributed by atoms with E-state index in [4.69, 9.17) is 22.5 Å². The van der Waals surface area contributed by atoms with Crippen molar-refractivity contribution in [2.24, 2.45) is 16.8 Å². The van der Waals surface area contributed by atoms with E-state index in [2.05, 4.69) is 36.0 Å². The summed E-state index contributed by atoms with van der Waals surface area (Å²) in [6.07, 6.45) is 0. The molecule has 110 valence electrons. The summed E-state index contributed by atoms with van der Waals surface area (Å²) >= 11 is 6.21. The van der Waals surface area contributed by atoms with Crippen LogP contribution in [0.4, 0.5) is 5.69 Å². The van der Waals surface area contributed by atoms with Gasteiger partial charge in [-0.05, 0) is 32.1 Å². The van der Waals surface area contributed by atoms with Crippen LogP contribution < -0.4 is 10.6 Å². The van der Waals surface area contributed by atoms with Gasteiger partial charge in [-0.2, -0.15) is 0 Å². The van der Waals surface area contributed by atoms with Crippen LogP contribution in [0.2, 0.25) is 5.02 Å². The Morgan fingerprint density at radius 2 is 2.15 bits per heavy atom. The molecule has 2 unspecified atom stereocenters. The van der Waals surface area contributed by atoms with E-state index in [1.807, 2.05) is 12.1 Å². The van der Waals surface area contributed by atoms with Gasteiger partial charge in [0, 0.05) is 24.8 Å². The molecule has 1 heterocycles. The number of amidine groups is 1. The lowest BCUT2D eigenvalue weighted by atomic mass is 10.1. The second-order valence-corrected chi connectivity index (χ2v) is 5.94. The van der Waals surface area contributed by atoms with Crippen molar-refractivity contribution >= 4 is 23.1 Å². The molecule has 6 heteroatoms. The zero-order chi connectivity index (χ0) is 14.9. The second-order valence-electron chi connectivity index (χ2n) is 5.53. The second kappa shape index (κ2) is 5.89. The van der Waals surface area contributed by atoms with Gasteiger partial charge in [-0.3, -0.25) is 0 Å². The van der Waals surface area contributed by atoms with Gasteiger partial charge < -0.3 is 20.7 Å². The first-order chi connectivity index (χ1) is 9.45. The molecule has 1 aromatic rings.